The minimum absolute atomic E-state index is 0.351. The zero-order valence-corrected chi connectivity index (χ0v) is 13.6. The Morgan fingerprint density at radius 1 is 1.33 bits per heavy atom. The normalized spacial score (nSPS) is 14.3. The Labute approximate surface area is 134 Å². The summed E-state index contributed by atoms with van der Waals surface area (Å²) in [5.74, 6) is 0. The van der Waals surface area contributed by atoms with Crippen molar-refractivity contribution >= 4 is 35.0 Å². The highest BCUT2D eigenvalue weighted by Gasteiger charge is 2.27. The Hall–Kier alpha value is -1.36. The van der Waals surface area contributed by atoms with Crippen LogP contribution >= 0.6 is 23.2 Å². The van der Waals surface area contributed by atoms with Crippen molar-refractivity contribution in [3.05, 3.63) is 46.2 Å². The summed E-state index contributed by atoms with van der Waals surface area (Å²) in [6.07, 6.45) is 4.31. The van der Waals surface area contributed by atoms with E-state index in [0.717, 1.165) is 5.56 Å². The number of benzene rings is 1. The molecular weight excluding hydrogens is 309 g/mol. The zero-order chi connectivity index (χ0) is 15.6. The number of aromatic nitrogens is 3. The summed E-state index contributed by atoms with van der Waals surface area (Å²) >= 11 is 12.1. The minimum atomic E-state index is -0.731. The monoisotopic (exact) mass is 325 g/mol. The summed E-state index contributed by atoms with van der Waals surface area (Å²) in [6.45, 7) is 5.85. The lowest BCUT2D eigenvalue weighted by Gasteiger charge is -2.28. The molecule has 0 aliphatic carbocycles. The third-order valence-corrected chi connectivity index (χ3v) is 3.62. The second-order valence-electron chi connectivity index (χ2n) is 5.85. The van der Waals surface area contributed by atoms with Crippen molar-refractivity contribution in [1.82, 2.24) is 15.0 Å². The number of nitrogens with zero attached hydrogens (tertiary/aromatic N) is 3. The van der Waals surface area contributed by atoms with E-state index in [1.54, 1.807) is 41.4 Å². The van der Waals surface area contributed by atoms with Crippen molar-refractivity contribution in [3.63, 3.8) is 0 Å². The molecule has 112 valence electrons. The number of aliphatic hydroxyl groups excluding tert-OH is 1. The maximum atomic E-state index is 10.6. The van der Waals surface area contributed by atoms with E-state index in [4.69, 9.17) is 23.2 Å². The molecule has 0 fully saturated rings. The summed E-state index contributed by atoms with van der Waals surface area (Å²) in [4.78, 5) is 0. The number of hydrogen-bond donors (Lipinski definition) is 1. The summed E-state index contributed by atoms with van der Waals surface area (Å²) < 4.78 is 1.54. The van der Waals surface area contributed by atoms with Crippen LogP contribution in [0.3, 0.4) is 0 Å². The van der Waals surface area contributed by atoms with Gasteiger partial charge in [-0.05, 0) is 29.2 Å². The predicted molar refractivity (Wildman–Crippen MR) is 86.1 cm³/mol. The number of hydrogen-bond acceptors (Lipinski definition) is 3. The quantitative estimate of drug-likeness (QED) is 0.928. The topological polar surface area (TPSA) is 50.9 Å². The third-order valence-electron chi connectivity index (χ3n) is 3.05. The summed E-state index contributed by atoms with van der Waals surface area (Å²) in [6, 6.07) is 5.22. The van der Waals surface area contributed by atoms with Crippen LogP contribution in [-0.4, -0.2) is 26.2 Å². The van der Waals surface area contributed by atoms with Crippen LogP contribution in [0.1, 0.15) is 26.3 Å². The summed E-state index contributed by atoms with van der Waals surface area (Å²) in [5.41, 5.74) is 1.01. The number of aliphatic hydroxyl groups is 1. The Morgan fingerprint density at radius 3 is 2.57 bits per heavy atom. The second kappa shape index (κ2) is 6.18. The van der Waals surface area contributed by atoms with Crippen molar-refractivity contribution in [3.8, 4) is 0 Å². The molecule has 1 N–H and O–H groups in total. The lowest BCUT2D eigenvalue weighted by molar-refractivity contribution is 0.109. The van der Waals surface area contributed by atoms with E-state index in [1.807, 2.05) is 20.8 Å². The van der Waals surface area contributed by atoms with Gasteiger partial charge in [-0.2, -0.15) is 0 Å². The molecule has 2 rings (SSSR count). The van der Waals surface area contributed by atoms with Gasteiger partial charge in [-0.25, -0.2) is 4.68 Å². The minimum Gasteiger partial charge on any atom is -0.386 e. The molecule has 0 bridgehead atoms. The van der Waals surface area contributed by atoms with E-state index in [-0.39, 0.29) is 5.41 Å². The molecule has 1 aromatic carbocycles. The molecule has 1 heterocycles. The van der Waals surface area contributed by atoms with Gasteiger partial charge in [0.05, 0.1) is 18.1 Å². The molecule has 0 amide bonds. The molecule has 0 radical (unpaired) electrons. The fraction of sp³-hybridized carbons (Fsp3) is 0.333. The Balaban J connectivity index is 2.52. The van der Waals surface area contributed by atoms with Crippen LogP contribution < -0.4 is 0 Å². The summed E-state index contributed by atoms with van der Waals surface area (Å²) in [7, 11) is 0. The molecular formula is C15H17Cl2N3O. The van der Waals surface area contributed by atoms with Crippen LogP contribution in [-0.2, 0) is 0 Å². The average molecular weight is 326 g/mol. The highest BCUT2D eigenvalue weighted by molar-refractivity contribution is 6.35. The molecule has 0 aliphatic rings. The predicted octanol–water partition coefficient (Wildman–Crippen LogP) is 3.99. The lowest BCUT2D eigenvalue weighted by Crippen LogP contribution is -2.29. The molecule has 21 heavy (non-hydrogen) atoms. The smallest absolute Gasteiger partial charge is 0.101 e. The van der Waals surface area contributed by atoms with Gasteiger partial charge in [-0.1, -0.05) is 55.3 Å². The fourth-order valence-electron chi connectivity index (χ4n) is 1.84. The molecule has 2 aromatic rings. The fourth-order valence-corrected chi connectivity index (χ4v) is 2.30. The van der Waals surface area contributed by atoms with Crippen molar-refractivity contribution in [2.45, 2.75) is 26.9 Å². The van der Waals surface area contributed by atoms with E-state index >= 15 is 0 Å². The van der Waals surface area contributed by atoms with E-state index in [1.165, 1.54) is 0 Å². The van der Waals surface area contributed by atoms with E-state index in [2.05, 4.69) is 10.3 Å². The van der Waals surface area contributed by atoms with Crippen molar-refractivity contribution in [1.29, 1.82) is 0 Å². The van der Waals surface area contributed by atoms with Crippen LogP contribution in [0.4, 0.5) is 0 Å². The second-order valence-corrected chi connectivity index (χ2v) is 6.69. The first kappa shape index (κ1) is 16.0. The zero-order valence-electron chi connectivity index (χ0n) is 12.1. The van der Waals surface area contributed by atoms with Crippen LogP contribution in [0.15, 0.2) is 30.6 Å². The van der Waals surface area contributed by atoms with E-state index < -0.39 is 6.10 Å². The Kier molecular flexibility index (Phi) is 4.71. The molecule has 1 atom stereocenters. The molecule has 0 saturated heterocycles. The van der Waals surface area contributed by atoms with Crippen molar-refractivity contribution < 1.29 is 5.11 Å². The first-order valence-corrected chi connectivity index (χ1v) is 7.26. The van der Waals surface area contributed by atoms with Crippen LogP contribution in [0, 0.1) is 5.41 Å². The molecule has 0 aliphatic heterocycles. The average Bonchev–Trinajstić information content (AvgIpc) is 2.90. The first-order valence-electron chi connectivity index (χ1n) is 6.50. The third kappa shape index (κ3) is 3.84. The van der Waals surface area contributed by atoms with Gasteiger partial charge in [0.1, 0.15) is 6.10 Å². The first-order chi connectivity index (χ1) is 9.79. The van der Waals surface area contributed by atoms with Crippen LogP contribution in [0.2, 0.25) is 10.0 Å². The standard InChI is InChI=1S/C15H17Cl2N3O/c1-15(2,3)14(21)13(20-7-6-18-19-20)8-10-4-5-11(16)9-12(10)17/h4-9,14,21H,1-3H3/b13-8-. The largest absolute Gasteiger partial charge is 0.386 e. The summed E-state index contributed by atoms with van der Waals surface area (Å²) in [5, 5.41) is 19.4. The molecule has 1 aromatic heterocycles. The van der Waals surface area contributed by atoms with Gasteiger partial charge in [0.15, 0.2) is 0 Å². The van der Waals surface area contributed by atoms with E-state index in [0.29, 0.717) is 15.7 Å². The maximum Gasteiger partial charge on any atom is 0.101 e. The van der Waals surface area contributed by atoms with Gasteiger partial charge in [0.25, 0.3) is 0 Å². The van der Waals surface area contributed by atoms with Crippen molar-refractivity contribution in [2.24, 2.45) is 5.41 Å². The molecule has 6 heteroatoms. The molecule has 1 unspecified atom stereocenters. The lowest BCUT2D eigenvalue weighted by atomic mass is 9.86. The number of rotatable bonds is 3. The molecule has 0 saturated carbocycles. The highest BCUT2D eigenvalue weighted by atomic mass is 35.5. The van der Waals surface area contributed by atoms with Gasteiger partial charge < -0.3 is 5.11 Å². The molecule has 0 spiro atoms. The SMILES string of the molecule is CC(C)(C)C(O)/C(=C/c1ccc(Cl)cc1Cl)n1ccnn1. The van der Waals surface area contributed by atoms with Gasteiger partial charge >= 0.3 is 0 Å². The van der Waals surface area contributed by atoms with Crippen LogP contribution in [0.5, 0.6) is 0 Å². The van der Waals surface area contributed by atoms with Gasteiger partial charge in [0.2, 0.25) is 0 Å². The van der Waals surface area contributed by atoms with Gasteiger partial charge in [-0.15, -0.1) is 5.10 Å². The van der Waals surface area contributed by atoms with Crippen LogP contribution in [0.25, 0.3) is 11.8 Å². The highest BCUT2D eigenvalue weighted by Crippen LogP contribution is 2.30. The maximum absolute atomic E-state index is 10.6. The van der Waals surface area contributed by atoms with Gasteiger partial charge in [-0.3, -0.25) is 0 Å². The Morgan fingerprint density at radius 2 is 2.05 bits per heavy atom. The molecule has 4 nitrogen and oxygen atoms in total. The van der Waals surface area contributed by atoms with Gasteiger partial charge in [0, 0.05) is 10.0 Å². The van der Waals surface area contributed by atoms with Crippen molar-refractivity contribution in [2.75, 3.05) is 0 Å². The van der Waals surface area contributed by atoms with E-state index in [9.17, 15) is 5.11 Å². The number of halogens is 2. The Bertz CT molecular complexity index is 645.